The molecule has 0 bridgehead atoms. The molecule has 1 aromatic rings. The van der Waals surface area contributed by atoms with Gasteiger partial charge in [-0.1, -0.05) is 27.7 Å². The van der Waals surface area contributed by atoms with Crippen LogP contribution >= 0.6 is 11.3 Å². The number of nitrogens with one attached hydrogen (secondary N) is 1. The molecule has 0 saturated heterocycles. The summed E-state index contributed by atoms with van der Waals surface area (Å²) >= 11 is 1.80. The van der Waals surface area contributed by atoms with Gasteiger partial charge in [0.15, 0.2) is 0 Å². The van der Waals surface area contributed by atoms with Gasteiger partial charge in [0, 0.05) is 18.0 Å². The highest BCUT2D eigenvalue weighted by Crippen LogP contribution is 2.25. The van der Waals surface area contributed by atoms with E-state index in [4.69, 9.17) is 0 Å². The molecule has 1 N–H and O–H groups in total. The van der Waals surface area contributed by atoms with Crippen LogP contribution in [-0.4, -0.2) is 11.5 Å². The number of nitrogens with zero attached hydrogens (tertiary/aromatic N) is 1. The Morgan fingerprint density at radius 3 is 2.38 bits per heavy atom. The highest BCUT2D eigenvalue weighted by molar-refractivity contribution is 7.11. The van der Waals surface area contributed by atoms with Crippen molar-refractivity contribution in [1.29, 1.82) is 0 Å². The predicted octanol–water partition coefficient (Wildman–Crippen LogP) is 3.53. The third-order valence-corrected chi connectivity index (χ3v) is 4.57. The van der Waals surface area contributed by atoms with Crippen LogP contribution in [0.4, 0.5) is 0 Å². The van der Waals surface area contributed by atoms with E-state index in [0.29, 0.717) is 11.3 Å². The molecule has 0 radical (unpaired) electrons. The maximum atomic E-state index is 4.53. The average molecular weight is 240 g/mol. The van der Waals surface area contributed by atoms with E-state index in [1.807, 2.05) is 0 Å². The highest BCUT2D eigenvalue weighted by atomic mass is 32.1. The highest BCUT2D eigenvalue weighted by Gasteiger charge is 2.21. The van der Waals surface area contributed by atoms with E-state index >= 15 is 0 Å². The lowest BCUT2D eigenvalue weighted by molar-refractivity contribution is 0.238. The molecule has 0 saturated carbocycles. The van der Waals surface area contributed by atoms with Gasteiger partial charge >= 0.3 is 0 Å². The minimum absolute atomic E-state index is 0.349. The lowest BCUT2D eigenvalue weighted by Crippen LogP contribution is -2.33. The largest absolute Gasteiger partial charge is 0.310 e. The van der Waals surface area contributed by atoms with E-state index in [2.05, 4.69) is 51.8 Å². The lowest BCUT2D eigenvalue weighted by atomic mass is 9.81. The van der Waals surface area contributed by atoms with Crippen LogP contribution in [0.1, 0.15) is 43.3 Å². The molecule has 0 atom stereocenters. The second-order valence-electron chi connectivity index (χ2n) is 5.50. The summed E-state index contributed by atoms with van der Waals surface area (Å²) in [6.45, 7) is 15.3. The minimum atomic E-state index is 0.349. The molecule has 0 fully saturated rings. The van der Waals surface area contributed by atoms with E-state index in [9.17, 15) is 0 Å². The van der Waals surface area contributed by atoms with Gasteiger partial charge in [0.2, 0.25) is 0 Å². The number of aryl methyl sites for hydroxylation is 2. The summed E-state index contributed by atoms with van der Waals surface area (Å²) in [5.41, 5.74) is 1.52. The molecule has 0 aliphatic carbocycles. The van der Waals surface area contributed by atoms with Crippen molar-refractivity contribution < 1.29 is 0 Å². The van der Waals surface area contributed by atoms with Crippen molar-refractivity contribution in [2.45, 2.75) is 48.1 Å². The van der Waals surface area contributed by atoms with Crippen molar-refractivity contribution in [1.82, 2.24) is 10.3 Å². The number of thiazole rings is 1. The van der Waals surface area contributed by atoms with E-state index in [1.54, 1.807) is 11.3 Å². The zero-order valence-corrected chi connectivity index (χ0v) is 12.2. The van der Waals surface area contributed by atoms with Gasteiger partial charge in [-0.2, -0.15) is 0 Å². The first kappa shape index (κ1) is 13.7. The molecule has 3 heteroatoms. The molecule has 2 nitrogen and oxygen atoms in total. The molecule has 1 rings (SSSR count). The van der Waals surface area contributed by atoms with Gasteiger partial charge in [0.1, 0.15) is 5.01 Å². The van der Waals surface area contributed by atoms with Crippen LogP contribution in [0.2, 0.25) is 0 Å². The predicted molar refractivity (Wildman–Crippen MR) is 71.9 cm³/mol. The first-order valence-corrected chi connectivity index (χ1v) is 6.78. The van der Waals surface area contributed by atoms with Crippen molar-refractivity contribution in [3.05, 3.63) is 15.6 Å². The van der Waals surface area contributed by atoms with Crippen LogP contribution < -0.4 is 5.32 Å². The molecule has 0 spiro atoms. The molecule has 92 valence electrons. The van der Waals surface area contributed by atoms with E-state index in [-0.39, 0.29) is 0 Å². The van der Waals surface area contributed by atoms with Crippen LogP contribution in [0.5, 0.6) is 0 Å². The van der Waals surface area contributed by atoms with Gasteiger partial charge in [-0.05, 0) is 25.2 Å². The Kier molecular flexibility index (Phi) is 4.51. The van der Waals surface area contributed by atoms with E-state index in [0.717, 1.165) is 13.1 Å². The maximum absolute atomic E-state index is 4.53. The summed E-state index contributed by atoms with van der Waals surface area (Å²) in [6.07, 6.45) is 0. The Labute approximate surface area is 103 Å². The van der Waals surface area contributed by atoms with E-state index < -0.39 is 0 Å². The molecule has 0 amide bonds. The second-order valence-corrected chi connectivity index (χ2v) is 6.78. The molecule has 0 unspecified atom stereocenters. The SMILES string of the molecule is Cc1nc(CNCC(C)(C)C(C)C)sc1C. The lowest BCUT2D eigenvalue weighted by Gasteiger charge is -2.29. The quantitative estimate of drug-likeness (QED) is 0.851. The van der Waals surface area contributed by atoms with Crippen molar-refractivity contribution in [2.75, 3.05) is 6.54 Å². The van der Waals surface area contributed by atoms with E-state index in [1.165, 1.54) is 15.6 Å². The zero-order valence-electron chi connectivity index (χ0n) is 11.3. The van der Waals surface area contributed by atoms with Crippen LogP contribution in [0.25, 0.3) is 0 Å². The van der Waals surface area contributed by atoms with Gasteiger partial charge < -0.3 is 5.32 Å². The standard InChI is InChI=1S/C13H24N2S/c1-9(2)13(5,6)8-14-7-12-15-10(3)11(4)16-12/h9,14H,7-8H2,1-6H3. The first-order valence-electron chi connectivity index (χ1n) is 5.96. The minimum Gasteiger partial charge on any atom is -0.310 e. The number of aromatic nitrogens is 1. The zero-order chi connectivity index (χ0) is 12.3. The summed E-state index contributed by atoms with van der Waals surface area (Å²) < 4.78 is 0. The summed E-state index contributed by atoms with van der Waals surface area (Å²) in [7, 11) is 0. The van der Waals surface area contributed by atoms with Crippen molar-refractivity contribution >= 4 is 11.3 Å². The van der Waals surface area contributed by atoms with Crippen LogP contribution in [0.3, 0.4) is 0 Å². The summed E-state index contributed by atoms with van der Waals surface area (Å²) in [5.74, 6) is 0.694. The first-order chi connectivity index (χ1) is 7.33. The summed E-state index contributed by atoms with van der Waals surface area (Å²) in [4.78, 5) is 5.86. The van der Waals surface area contributed by atoms with Crippen molar-refractivity contribution in [2.24, 2.45) is 11.3 Å². The summed E-state index contributed by atoms with van der Waals surface area (Å²) in [6, 6.07) is 0. The Morgan fingerprint density at radius 2 is 1.94 bits per heavy atom. The Bertz CT molecular complexity index is 320. The second kappa shape index (κ2) is 5.28. The van der Waals surface area contributed by atoms with Gasteiger partial charge in [0.05, 0.1) is 5.69 Å². The van der Waals surface area contributed by atoms with Gasteiger partial charge in [-0.25, -0.2) is 4.98 Å². The third-order valence-electron chi connectivity index (χ3n) is 3.49. The Hall–Kier alpha value is -0.410. The average Bonchev–Trinajstić information content (AvgIpc) is 2.45. The smallest absolute Gasteiger partial charge is 0.107 e. The number of rotatable bonds is 5. The topological polar surface area (TPSA) is 24.9 Å². The van der Waals surface area contributed by atoms with Crippen molar-refractivity contribution in [3.63, 3.8) is 0 Å². The third kappa shape index (κ3) is 3.56. The fraction of sp³-hybridized carbons (Fsp3) is 0.769. The Morgan fingerprint density at radius 1 is 1.31 bits per heavy atom. The van der Waals surface area contributed by atoms with Crippen molar-refractivity contribution in [3.8, 4) is 0 Å². The van der Waals surface area contributed by atoms with Gasteiger partial charge in [-0.3, -0.25) is 0 Å². The van der Waals surface area contributed by atoms with Crippen LogP contribution in [-0.2, 0) is 6.54 Å². The monoisotopic (exact) mass is 240 g/mol. The fourth-order valence-corrected chi connectivity index (χ4v) is 2.21. The number of hydrogen-bond acceptors (Lipinski definition) is 3. The molecule has 1 heterocycles. The normalized spacial score (nSPS) is 12.4. The Balaban J connectivity index is 2.41. The van der Waals surface area contributed by atoms with Crippen LogP contribution in [0, 0.1) is 25.2 Å². The molecule has 0 aliphatic heterocycles. The fourth-order valence-electron chi connectivity index (χ4n) is 1.31. The molecule has 1 aromatic heterocycles. The molecule has 0 aromatic carbocycles. The van der Waals surface area contributed by atoms with Gasteiger partial charge in [0.25, 0.3) is 0 Å². The maximum Gasteiger partial charge on any atom is 0.107 e. The molecule has 16 heavy (non-hydrogen) atoms. The number of hydrogen-bond donors (Lipinski definition) is 1. The molecule has 0 aliphatic rings. The molecular weight excluding hydrogens is 216 g/mol. The van der Waals surface area contributed by atoms with Crippen LogP contribution in [0.15, 0.2) is 0 Å². The molecular formula is C13H24N2S. The van der Waals surface area contributed by atoms with Gasteiger partial charge in [-0.15, -0.1) is 11.3 Å². The summed E-state index contributed by atoms with van der Waals surface area (Å²) in [5, 5.41) is 4.72.